The lowest BCUT2D eigenvalue weighted by molar-refractivity contribution is 0.0568. The highest BCUT2D eigenvalue weighted by Gasteiger charge is 2.34. The molecule has 0 aliphatic carbocycles. The van der Waals surface area contributed by atoms with E-state index >= 15 is 0 Å². The number of nitrogens with zero attached hydrogens (tertiary/aromatic N) is 6. The Morgan fingerprint density at radius 3 is 2.56 bits per heavy atom. The Balaban J connectivity index is 1.71. The van der Waals surface area contributed by atoms with Crippen molar-refractivity contribution < 1.29 is 14.3 Å². The molecule has 0 radical (unpaired) electrons. The standard InChI is InChI=1S/C23H26N6O3/c1-16-10-12-27(21(30)17-9-11-25-20(13-17)28-15-24-14-26-28)18-7-5-6-8-19(18)29(16)22(31)32-23(2,3)4/h5-9,11,13-16H,10,12H2,1-4H3. The maximum absolute atomic E-state index is 13.6. The Hall–Kier alpha value is -3.75. The van der Waals surface area contributed by atoms with Gasteiger partial charge in [-0.05, 0) is 58.4 Å². The molecule has 0 saturated heterocycles. The number of carbonyl (C=O) groups excluding carboxylic acids is 2. The summed E-state index contributed by atoms with van der Waals surface area (Å²) in [5.74, 6) is 0.319. The lowest BCUT2D eigenvalue weighted by Gasteiger charge is -2.31. The van der Waals surface area contributed by atoms with Crippen LogP contribution in [0.5, 0.6) is 0 Å². The molecule has 0 N–H and O–H groups in total. The zero-order valence-electron chi connectivity index (χ0n) is 18.6. The summed E-state index contributed by atoms with van der Waals surface area (Å²) >= 11 is 0. The largest absolute Gasteiger partial charge is 0.443 e. The zero-order chi connectivity index (χ0) is 22.9. The van der Waals surface area contributed by atoms with Gasteiger partial charge in [-0.2, -0.15) is 5.10 Å². The average Bonchev–Trinajstić information content (AvgIpc) is 3.24. The molecule has 3 heterocycles. The first kappa shape index (κ1) is 21.5. The first-order valence-electron chi connectivity index (χ1n) is 10.5. The third-order valence-electron chi connectivity index (χ3n) is 5.12. The number of aromatic nitrogens is 4. The van der Waals surface area contributed by atoms with Crippen LogP contribution in [0.1, 0.15) is 44.5 Å². The number of hydrogen-bond donors (Lipinski definition) is 0. The smallest absolute Gasteiger partial charge is 0.415 e. The van der Waals surface area contributed by atoms with E-state index in [1.807, 2.05) is 52.0 Å². The molecule has 4 rings (SSSR count). The highest BCUT2D eigenvalue weighted by Crippen LogP contribution is 2.36. The van der Waals surface area contributed by atoms with Gasteiger partial charge >= 0.3 is 6.09 Å². The van der Waals surface area contributed by atoms with Gasteiger partial charge in [0.25, 0.3) is 5.91 Å². The van der Waals surface area contributed by atoms with Crippen LogP contribution in [0, 0.1) is 0 Å². The molecule has 0 bridgehead atoms. The number of hydrogen-bond acceptors (Lipinski definition) is 6. The first-order valence-corrected chi connectivity index (χ1v) is 10.5. The normalized spacial score (nSPS) is 16.3. The number of carbonyl (C=O) groups is 2. The fourth-order valence-electron chi connectivity index (χ4n) is 3.66. The van der Waals surface area contributed by atoms with E-state index in [0.29, 0.717) is 35.7 Å². The van der Waals surface area contributed by atoms with Crippen molar-refractivity contribution in [3.63, 3.8) is 0 Å². The molecule has 0 spiro atoms. The molecule has 9 nitrogen and oxygen atoms in total. The summed E-state index contributed by atoms with van der Waals surface area (Å²) in [7, 11) is 0. The summed E-state index contributed by atoms with van der Waals surface area (Å²) in [4.78, 5) is 38.2. The van der Waals surface area contributed by atoms with Crippen molar-refractivity contribution in [2.75, 3.05) is 16.3 Å². The van der Waals surface area contributed by atoms with E-state index < -0.39 is 11.7 Å². The van der Waals surface area contributed by atoms with E-state index in [2.05, 4.69) is 15.1 Å². The number of rotatable bonds is 2. The monoisotopic (exact) mass is 434 g/mol. The topological polar surface area (TPSA) is 93.5 Å². The van der Waals surface area contributed by atoms with Crippen molar-refractivity contribution in [3.05, 3.63) is 60.8 Å². The molecule has 1 atom stereocenters. The molecule has 1 unspecified atom stereocenters. The molecule has 2 amide bonds. The quantitative estimate of drug-likeness (QED) is 0.608. The maximum Gasteiger partial charge on any atom is 0.415 e. The highest BCUT2D eigenvalue weighted by molar-refractivity contribution is 6.09. The minimum Gasteiger partial charge on any atom is -0.443 e. The minimum atomic E-state index is -0.623. The van der Waals surface area contributed by atoms with Gasteiger partial charge in [-0.3, -0.25) is 9.69 Å². The molecule has 0 fully saturated rings. The summed E-state index contributed by atoms with van der Waals surface area (Å²) in [6.45, 7) is 7.93. The van der Waals surface area contributed by atoms with Crippen molar-refractivity contribution in [2.45, 2.75) is 45.8 Å². The second-order valence-corrected chi connectivity index (χ2v) is 8.68. The van der Waals surface area contributed by atoms with Crippen LogP contribution in [0.15, 0.2) is 55.2 Å². The second kappa shape index (κ2) is 8.41. The third-order valence-corrected chi connectivity index (χ3v) is 5.12. The van der Waals surface area contributed by atoms with E-state index in [1.54, 1.807) is 28.1 Å². The summed E-state index contributed by atoms with van der Waals surface area (Å²) in [5.41, 5.74) is 1.15. The number of amides is 2. The van der Waals surface area contributed by atoms with Crippen LogP contribution < -0.4 is 9.80 Å². The van der Waals surface area contributed by atoms with E-state index in [-0.39, 0.29) is 11.9 Å². The van der Waals surface area contributed by atoms with Crippen LogP contribution in [0.2, 0.25) is 0 Å². The number of fused-ring (bicyclic) bond motifs is 1. The van der Waals surface area contributed by atoms with Gasteiger partial charge in [0.15, 0.2) is 5.82 Å². The summed E-state index contributed by atoms with van der Waals surface area (Å²) in [6.07, 6.45) is 4.68. The fourth-order valence-corrected chi connectivity index (χ4v) is 3.66. The Labute approximate surface area is 186 Å². The van der Waals surface area contributed by atoms with Crippen LogP contribution in [0.25, 0.3) is 5.82 Å². The Bertz CT molecular complexity index is 1120. The molecular formula is C23H26N6O3. The lowest BCUT2D eigenvalue weighted by atomic mass is 10.2. The lowest BCUT2D eigenvalue weighted by Crippen LogP contribution is -2.42. The molecule has 1 aliphatic heterocycles. The molecule has 32 heavy (non-hydrogen) atoms. The second-order valence-electron chi connectivity index (χ2n) is 8.68. The molecule has 0 saturated carbocycles. The van der Waals surface area contributed by atoms with Gasteiger partial charge in [-0.15, -0.1) is 0 Å². The summed E-state index contributed by atoms with van der Waals surface area (Å²) in [5, 5.41) is 4.08. The molecular weight excluding hydrogens is 408 g/mol. The predicted octanol–water partition coefficient (Wildman–Crippen LogP) is 3.84. The SMILES string of the molecule is CC1CCN(C(=O)c2ccnc(-n3cncn3)c2)c2ccccc2N1C(=O)OC(C)(C)C. The highest BCUT2D eigenvalue weighted by atomic mass is 16.6. The average molecular weight is 435 g/mol. The van der Waals surface area contributed by atoms with E-state index in [9.17, 15) is 9.59 Å². The first-order chi connectivity index (χ1) is 15.2. The van der Waals surface area contributed by atoms with Crippen molar-refractivity contribution in [3.8, 4) is 5.82 Å². The van der Waals surface area contributed by atoms with Gasteiger partial charge in [0.05, 0.1) is 11.4 Å². The number of pyridine rings is 1. The molecule has 3 aromatic rings. The van der Waals surface area contributed by atoms with Gasteiger partial charge < -0.3 is 9.64 Å². The Kier molecular flexibility index (Phi) is 5.65. The van der Waals surface area contributed by atoms with Crippen molar-refractivity contribution in [1.82, 2.24) is 19.7 Å². The van der Waals surface area contributed by atoms with Crippen molar-refractivity contribution in [2.24, 2.45) is 0 Å². The molecule has 2 aromatic heterocycles. The number of anilines is 2. The molecule has 166 valence electrons. The van der Waals surface area contributed by atoms with E-state index in [0.717, 1.165) is 0 Å². The van der Waals surface area contributed by atoms with Crippen LogP contribution in [0.4, 0.5) is 16.2 Å². The van der Waals surface area contributed by atoms with Gasteiger partial charge in [-0.25, -0.2) is 19.4 Å². The maximum atomic E-state index is 13.6. The van der Waals surface area contributed by atoms with Gasteiger partial charge in [-0.1, -0.05) is 12.1 Å². The Morgan fingerprint density at radius 1 is 1.12 bits per heavy atom. The van der Waals surface area contributed by atoms with Gasteiger partial charge in [0.2, 0.25) is 0 Å². The molecule has 1 aliphatic rings. The fraction of sp³-hybridized carbons (Fsp3) is 0.348. The van der Waals surface area contributed by atoms with E-state index in [4.69, 9.17) is 4.74 Å². The predicted molar refractivity (Wildman–Crippen MR) is 120 cm³/mol. The van der Waals surface area contributed by atoms with Crippen LogP contribution in [-0.4, -0.2) is 49.9 Å². The Morgan fingerprint density at radius 2 is 1.88 bits per heavy atom. The summed E-state index contributed by atoms with van der Waals surface area (Å²) in [6, 6.07) is 10.6. The van der Waals surface area contributed by atoms with Gasteiger partial charge in [0, 0.05) is 24.3 Å². The molecule has 9 heteroatoms. The zero-order valence-corrected chi connectivity index (χ0v) is 18.6. The minimum absolute atomic E-state index is 0.146. The van der Waals surface area contributed by atoms with Crippen molar-refractivity contribution >= 4 is 23.4 Å². The number of para-hydroxylation sites is 2. The summed E-state index contributed by atoms with van der Waals surface area (Å²) < 4.78 is 7.16. The van der Waals surface area contributed by atoms with E-state index in [1.165, 1.54) is 17.3 Å². The van der Waals surface area contributed by atoms with Crippen LogP contribution >= 0.6 is 0 Å². The number of ether oxygens (including phenoxy) is 1. The number of benzene rings is 1. The van der Waals surface area contributed by atoms with Gasteiger partial charge in [0.1, 0.15) is 18.3 Å². The molecule has 1 aromatic carbocycles. The van der Waals surface area contributed by atoms with Crippen LogP contribution in [0.3, 0.4) is 0 Å². The van der Waals surface area contributed by atoms with Crippen molar-refractivity contribution in [1.29, 1.82) is 0 Å². The van der Waals surface area contributed by atoms with Crippen LogP contribution in [-0.2, 0) is 4.74 Å². The third kappa shape index (κ3) is 4.32.